The van der Waals surface area contributed by atoms with Crippen LogP contribution in [0, 0.1) is 17.8 Å². The molecule has 0 aromatic carbocycles. The van der Waals surface area contributed by atoms with Crippen LogP contribution in [-0.2, 0) is 4.74 Å². The smallest absolute Gasteiger partial charge is 0.256 e. The number of ether oxygens (including phenoxy) is 1. The number of allylic oxidation sites excluding steroid dienone is 1. The molecule has 1 aliphatic heterocycles. The van der Waals surface area contributed by atoms with Crippen LogP contribution in [0.1, 0.15) is 6.42 Å². The Morgan fingerprint density at radius 1 is 1.42 bits per heavy atom. The summed E-state index contributed by atoms with van der Waals surface area (Å²) in [6.07, 6.45) is 6.29. The minimum atomic E-state index is 0.383. The third kappa shape index (κ3) is 0.774. The molecule has 2 bridgehead atoms. The van der Waals surface area contributed by atoms with Gasteiger partial charge in [0.1, 0.15) is 6.10 Å². The molecule has 0 aromatic rings. The fourth-order valence-electron chi connectivity index (χ4n) is 2.69. The molecule has 0 radical (unpaired) electrons. The molecule has 2 aliphatic carbocycles. The number of hydrogen-bond donors (Lipinski definition) is 1. The van der Waals surface area contributed by atoms with Crippen molar-refractivity contribution in [2.24, 2.45) is 17.8 Å². The zero-order valence-corrected chi connectivity index (χ0v) is 7.51. The van der Waals surface area contributed by atoms with E-state index in [4.69, 9.17) is 17.0 Å². The van der Waals surface area contributed by atoms with E-state index >= 15 is 0 Å². The fourth-order valence-corrected chi connectivity index (χ4v) is 2.88. The molecule has 3 heteroatoms. The highest BCUT2D eigenvalue weighted by Gasteiger charge is 2.47. The topological polar surface area (TPSA) is 21.3 Å². The summed E-state index contributed by atoms with van der Waals surface area (Å²) in [7, 11) is 0. The first kappa shape index (κ1) is 6.89. The standard InChI is InChI=1S/C9H11NOS/c12-9-10-4-7-5-1-2-6(3-5)8(7)11-9/h1-2,5-8H,3-4H2,(H,10,12). The molecule has 12 heavy (non-hydrogen) atoms. The summed E-state index contributed by atoms with van der Waals surface area (Å²) in [5, 5.41) is 3.71. The number of fused-ring (bicyclic) bond motifs is 5. The molecule has 0 spiro atoms. The summed E-state index contributed by atoms with van der Waals surface area (Å²) in [5.74, 6) is 2.06. The van der Waals surface area contributed by atoms with Crippen molar-refractivity contribution in [1.82, 2.24) is 5.32 Å². The van der Waals surface area contributed by atoms with Crippen molar-refractivity contribution in [2.45, 2.75) is 12.5 Å². The first-order valence-corrected chi connectivity index (χ1v) is 4.88. The Bertz CT molecular complexity index is 263. The van der Waals surface area contributed by atoms with Crippen LogP contribution < -0.4 is 5.32 Å². The normalized spacial score (nSPS) is 48.5. The van der Waals surface area contributed by atoms with E-state index in [0.717, 1.165) is 12.5 Å². The SMILES string of the molecule is S=C1NCC2C3C=CC(C3)C2O1. The van der Waals surface area contributed by atoms with Crippen LogP contribution in [-0.4, -0.2) is 17.8 Å². The van der Waals surface area contributed by atoms with Crippen molar-refractivity contribution in [3.8, 4) is 0 Å². The third-order valence-electron chi connectivity index (χ3n) is 3.27. The van der Waals surface area contributed by atoms with Gasteiger partial charge in [0.25, 0.3) is 5.17 Å². The lowest BCUT2D eigenvalue weighted by atomic mass is 9.90. The zero-order valence-electron chi connectivity index (χ0n) is 6.69. The number of hydrogen-bond acceptors (Lipinski definition) is 2. The quantitative estimate of drug-likeness (QED) is 0.446. The van der Waals surface area contributed by atoms with Crippen LogP contribution in [0.3, 0.4) is 0 Å². The summed E-state index contributed by atoms with van der Waals surface area (Å²) in [6, 6.07) is 0. The molecule has 4 unspecified atom stereocenters. The van der Waals surface area contributed by atoms with Crippen LogP contribution in [0.15, 0.2) is 12.2 Å². The third-order valence-corrected chi connectivity index (χ3v) is 3.51. The highest BCUT2D eigenvalue weighted by atomic mass is 32.1. The summed E-state index contributed by atoms with van der Waals surface area (Å²) >= 11 is 4.99. The van der Waals surface area contributed by atoms with Crippen LogP contribution in [0.25, 0.3) is 0 Å². The Morgan fingerprint density at radius 3 is 3.17 bits per heavy atom. The van der Waals surface area contributed by atoms with Gasteiger partial charge >= 0.3 is 0 Å². The van der Waals surface area contributed by atoms with Crippen molar-refractivity contribution in [1.29, 1.82) is 0 Å². The van der Waals surface area contributed by atoms with Gasteiger partial charge in [-0.05, 0) is 24.6 Å². The van der Waals surface area contributed by atoms with Gasteiger partial charge in [0.15, 0.2) is 0 Å². The van der Waals surface area contributed by atoms with Gasteiger partial charge in [0.2, 0.25) is 0 Å². The Morgan fingerprint density at radius 2 is 2.25 bits per heavy atom. The van der Waals surface area contributed by atoms with E-state index in [1.807, 2.05) is 0 Å². The lowest BCUT2D eigenvalue weighted by Crippen LogP contribution is -2.46. The van der Waals surface area contributed by atoms with E-state index in [1.54, 1.807) is 0 Å². The molecule has 64 valence electrons. The predicted molar refractivity (Wildman–Crippen MR) is 49.7 cm³/mol. The number of nitrogens with one attached hydrogen (secondary N) is 1. The Kier molecular flexibility index (Phi) is 1.28. The highest BCUT2D eigenvalue weighted by molar-refractivity contribution is 7.80. The second kappa shape index (κ2) is 2.22. The maximum absolute atomic E-state index is 5.61. The van der Waals surface area contributed by atoms with Crippen LogP contribution in [0.4, 0.5) is 0 Å². The molecule has 1 N–H and O–H groups in total. The van der Waals surface area contributed by atoms with E-state index in [1.165, 1.54) is 6.42 Å². The molecule has 3 aliphatic rings. The molecule has 1 saturated carbocycles. The lowest BCUT2D eigenvalue weighted by molar-refractivity contribution is 0.0856. The van der Waals surface area contributed by atoms with E-state index in [9.17, 15) is 0 Å². The molecular weight excluding hydrogens is 170 g/mol. The fraction of sp³-hybridized carbons (Fsp3) is 0.667. The second-order valence-corrected chi connectivity index (χ2v) is 4.23. The van der Waals surface area contributed by atoms with Crippen LogP contribution in [0.5, 0.6) is 0 Å². The Balaban J connectivity index is 1.90. The van der Waals surface area contributed by atoms with Crippen LogP contribution >= 0.6 is 12.2 Å². The molecule has 1 saturated heterocycles. The molecule has 1 heterocycles. The molecule has 2 fully saturated rings. The van der Waals surface area contributed by atoms with Crippen molar-refractivity contribution in [3.05, 3.63) is 12.2 Å². The minimum absolute atomic E-state index is 0.383. The van der Waals surface area contributed by atoms with Crippen molar-refractivity contribution in [2.75, 3.05) is 6.54 Å². The molecule has 2 nitrogen and oxygen atoms in total. The van der Waals surface area contributed by atoms with Crippen LogP contribution in [0.2, 0.25) is 0 Å². The maximum Gasteiger partial charge on any atom is 0.256 e. The maximum atomic E-state index is 5.61. The average molecular weight is 181 g/mol. The van der Waals surface area contributed by atoms with Gasteiger partial charge in [-0.1, -0.05) is 12.2 Å². The molecule has 3 rings (SSSR count). The van der Waals surface area contributed by atoms with Gasteiger partial charge in [-0.25, -0.2) is 0 Å². The van der Waals surface area contributed by atoms with Gasteiger partial charge in [-0.3, -0.25) is 0 Å². The largest absolute Gasteiger partial charge is 0.467 e. The predicted octanol–water partition coefficient (Wildman–Crippen LogP) is 1.08. The average Bonchev–Trinajstić information content (AvgIpc) is 2.63. The highest BCUT2D eigenvalue weighted by Crippen LogP contribution is 2.45. The van der Waals surface area contributed by atoms with E-state index < -0.39 is 0 Å². The van der Waals surface area contributed by atoms with E-state index in [2.05, 4.69) is 17.5 Å². The van der Waals surface area contributed by atoms with Gasteiger partial charge in [0, 0.05) is 18.4 Å². The Hall–Kier alpha value is -0.570. The first-order chi connectivity index (χ1) is 5.84. The van der Waals surface area contributed by atoms with Crippen molar-refractivity contribution >= 4 is 17.4 Å². The van der Waals surface area contributed by atoms with Gasteiger partial charge in [-0.2, -0.15) is 0 Å². The van der Waals surface area contributed by atoms with Gasteiger partial charge in [-0.15, -0.1) is 0 Å². The van der Waals surface area contributed by atoms with Gasteiger partial charge in [0.05, 0.1) is 0 Å². The molecular formula is C9H11NOS. The summed E-state index contributed by atoms with van der Waals surface area (Å²) < 4.78 is 5.61. The summed E-state index contributed by atoms with van der Waals surface area (Å²) in [4.78, 5) is 0. The number of rotatable bonds is 0. The second-order valence-electron chi connectivity index (χ2n) is 3.86. The van der Waals surface area contributed by atoms with E-state index in [0.29, 0.717) is 23.1 Å². The monoisotopic (exact) mass is 181 g/mol. The number of thiocarbonyl (C=S) groups is 1. The Labute approximate surface area is 77.0 Å². The van der Waals surface area contributed by atoms with Crippen molar-refractivity contribution < 1.29 is 4.74 Å². The molecule has 0 aromatic heterocycles. The lowest BCUT2D eigenvalue weighted by Gasteiger charge is -2.33. The first-order valence-electron chi connectivity index (χ1n) is 4.47. The summed E-state index contributed by atoms with van der Waals surface area (Å²) in [6.45, 7) is 1.01. The molecule has 0 amide bonds. The summed E-state index contributed by atoms with van der Waals surface area (Å²) in [5.41, 5.74) is 0. The van der Waals surface area contributed by atoms with E-state index in [-0.39, 0.29) is 0 Å². The minimum Gasteiger partial charge on any atom is -0.467 e. The zero-order chi connectivity index (χ0) is 8.13. The van der Waals surface area contributed by atoms with Gasteiger partial charge < -0.3 is 10.1 Å². The van der Waals surface area contributed by atoms with Crippen molar-refractivity contribution in [3.63, 3.8) is 0 Å². The molecule has 4 atom stereocenters.